The Balaban J connectivity index is 1.35. The average Bonchev–Trinajstić information content (AvgIpc) is 3.03. The number of nitrogens with zero attached hydrogens (tertiary/aromatic N) is 4. The Morgan fingerprint density at radius 3 is 2.14 bits per heavy atom. The smallest absolute Gasteiger partial charge is 0.264 e. The molecule has 4 aromatic carbocycles. The van der Waals surface area contributed by atoms with Crippen LogP contribution in [0.4, 0.5) is 0 Å². The van der Waals surface area contributed by atoms with E-state index in [-0.39, 0.29) is 9.79 Å². The molecule has 206 valence electrons. The largest absolute Gasteiger partial charge is 0.282 e. The highest BCUT2D eigenvalue weighted by Crippen LogP contribution is 2.32. The predicted octanol–water partition coefficient (Wildman–Crippen LogP) is 6.07. The van der Waals surface area contributed by atoms with Crippen LogP contribution in [0.1, 0.15) is 11.1 Å². The number of hydrogen-bond acceptors (Lipinski definition) is 6. The molecule has 6 rings (SSSR count). The zero-order valence-corrected chi connectivity index (χ0v) is 23.6. The summed E-state index contributed by atoms with van der Waals surface area (Å²) in [5.41, 5.74) is 3.19. The second kappa shape index (κ2) is 11.1. The van der Waals surface area contributed by atoms with Crippen molar-refractivity contribution in [1.82, 2.24) is 9.97 Å². The summed E-state index contributed by atoms with van der Waals surface area (Å²) < 4.78 is 59.7. The van der Waals surface area contributed by atoms with Crippen molar-refractivity contribution in [3.63, 3.8) is 0 Å². The fourth-order valence-electron chi connectivity index (χ4n) is 4.60. The lowest BCUT2D eigenvalue weighted by molar-refractivity contribution is 0.596. The Morgan fingerprint density at radius 1 is 0.595 bits per heavy atom. The van der Waals surface area contributed by atoms with Crippen LogP contribution in [-0.4, -0.2) is 39.2 Å². The molecule has 0 fully saturated rings. The third-order valence-corrected chi connectivity index (χ3v) is 9.14. The maximum atomic E-state index is 13.2. The molecule has 0 N–H and O–H groups in total. The van der Waals surface area contributed by atoms with Gasteiger partial charge in [-0.3, -0.25) is 9.97 Å². The lowest BCUT2D eigenvalue weighted by Crippen LogP contribution is -1.99. The summed E-state index contributed by atoms with van der Waals surface area (Å²) in [6.07, 6.45) is 7.53. The summed E-state index contributed by atoms with van der Waals surface area (Å²) in [5, 5.41) is 2.30. The van der Waals surface area contributed by atoms with E-state index in [9.17, 15) is 16.8 Å². The molecular formula is C32H22N4O4S2. The first kappa shape index (κ1) is 27.1. The number of pyridine rings is 2. The normalized spacial score (nSPS) is 12.5. The quantitative estimate of drug-likeness (QED) is 0.208. The minimum absolute atomic E-state index is 0.0288. The van der Waals surface area contributed by atoms with Crippen LogP contribution in [0.5, 0.6) is 0 Å². The molecule has 0 aliphatic heterocycles. The highest BCUT2D eigenvalue weighted by Gasteiger charge is 2.16. The molecule has 0 aliphatic carbocycles. The summed E-state index contributed by atoms with van der Waals surface area (Å²) in [4.78, 5) is 8.72. The van der Waals surface area contributed by atoms with Gasteiger partial charge in [-0.2, -0.15) is 25.6 Å². The lowest BCUT2D eigenvalue weighted by Gasteiger charge is -2.10. The van der Waals surface area contributed by atoms with Gasteiger partial charge in [0.15, 0.2) is 0 Å². The molecule has 8 nitrogen and oxygen atoms in total. The zero-order chi connectivity index (χ0) is 29.2. The third kappa shape index (κ3) is 5.45. The summed E-state index contributed by atoms with van der Waals surface area (Å²) >= 11 is 0. The lowest BCUT2D eigenvalue weighted by atomic mass is 9.97. The van der Waals surface area contributed by atoms with Crippen LogP contribution in [-0.2, 0) is 20.0 Å². The summed E-state index contributed by atoms with van der Waals surface area (Å²) in [6, 6.07) is 29.0. The van der Waals surface area contributed by atoms with E-state index in [0.29, 0.717) is 33.0 Å². The first-order valence-corrected chi connectivity index (χ1v) is 15.7. The SMILES string of the molecule is O=S(=O)(/N=C/c1ccc(-c2cccc(S(=O)(=O)/N=C/c3cccc4cccnc34)c2)c2cnccc12)c1ccccc1. The van der Waals surface area contributed by atoms with Gasteiger partial charge in [0.05, 0.1) is 15.3 Å². The van der Waals surface area contributed by atoms with Crippen LogP contribution in [0.2, 0.25) is 0 Å². The number of benzene rings is 4. The van der Waals surface area contributed by atoms with Crippen molar-refractivity contribution in [2.24, 2.45) is 8.80 Å². The Labute approximate surface area is 242 Å². The third-order valence-electron chi connectivity index (χ3n) is 6.66. The van der Waals surface area contributed by atoms with Gasteiger partial charge >= 0.3 is 0 Å². The second-order valence-corrected chi connectivity index (χ2v) is 12.6. The first-order chi connectivity index (χ1) is 20.3. The van der Waals surface area contributed by atoms with E-state index in [4.69, 9.17) is 0 Å². The van der Waals surface area contributed by atoms with Crippen molar-refractivity contribution in [2.45, 2.75) is 9.79 Å². The average molecular weight is 591 g/mol. The van der Waals surface area contributed by atoms with E-state index in [1.165, 1.54) is 30.6 Å². The molecule has 0 saturated carbocycles. The predicted molar refractivity (Wildman–Crippen MR) is 165 cm³/mol. The molecule has 0 aliphatic rings. The highest BCUT2D eigenvalue weighted by atomic mass is 32.2. The van der Waals surface area contributed by atoms with Crippen molar-refractivity contribution in [2.75, 3.05) is 0 Å². The van der Waals surface area contributed by atoms with Crippen molar-refractivity contribution in [1.29, 1.82) is 0 Å². The summed E-state index contributed by atoms with van der Waals surface area (Å²) in [7, 11) is -7.91. The van der Waals surface area contributed by atoms with Crippen LogP contribution in [0.15, 0.2) is 140 Å². The number of rotatable bonds is 7. The van der Waals surface area contributed by atoms with Gasteiger partial charge in [-0.05, 0) is 52.9 Å². The maximum Gasteiger partial charge on any atom is 0.282 e. The van der Waals surface area contributed by atoms with Gasteiger partial charge in [-0.1, -0.05) is 66.7 Å². The Bertz CT molecular complexity index is 2230. The molecule has 2 heterocycles. The van der Waals surface area contributed by atoms with Crippen molar-refractivity contribution in [3.8, 4) is 11.1 Å². The van der Waals surface area contributed by atoms with Gasteiger partial charge in [-0.25, -0.2) is 0 Å². The van der Waals surface area contributed by atoms with Crippen LogP contribution in [0.25, 0.3) is 32.8 Å². The number of hydrogen-bond donors (Lipinski definition) is 0. The van der Waals surface area contributed by atoms with Crippen LogP contribution in [0, 0.1) is 0 Å². The molecule has 0 radical (unpaired) electrons. The van der Waals surface area contributed by atoms with Crippen LogP contribution >= 0.6 is 0 Å². The van der Waals surface area contributed by atoms with Crippen LogP contribution in [0.3, 0.4) is 0 Å². The monoisotopic (exact) mass is 590 g/mol. The molecule has 0 spiro atoms. The minimum atomic E-state index is -4.03. The molecule has 0 amide bonds. The van der Waals surface area contributed by atoms with Crippen molar-refractivity contribution < 1.29 is 16.8 Å². The fourth-order valence-corrected chi connectivity index (χ4v) is 6.38. The molecule has 0 atom stereocenters. The van der Waals surface area contributed by atoms with E-state index in [1.807, 2.05) is 24.3 Å². The summed E-state index contributed by atoms with van der Waals surface area (Å²) in [6.45, 7) is 0. The Kier molecular flexibility index (Phi) is 7.15. The molecular weight excluding hydrogens is 569 g/mol. The molecule has 42 heavy (non-hydrogen) atoms. The van der Waals surface area contributed by atoms with E-state index in [1.54, 1.807) is 79.3 Å². The minimum Gasteiger partial charge on any atom is -0.264 e. The summed E-state index contributed by atoms with van der Waals surface area (Å²) in [5.74, 6) is 0. The van der Waals surface area contributed by atoms with Gasteiger partial charge in [-0.15, -0.1) is 0 Å². The number of aromatic nitrogens is 2. The number of sulfonamides is 2. The highest BCUT2D eigenvalue weighted by molar-refractivity contribution is 7.90. The molecule has 0 bridgehead atoms. The van der Waals surface area contributed by atoms with Crippen molar-refractivity contribution >= 4 is 54.2 Å². The van der Waals surface area contributed by atoms with Gasteiger partial charge in [0.25, 0.3) is 20.0 Å². The van der Waals surface area contributed by atoms with E-state index < -0.39 is 20.0 Å². The molecule has 6 aromatic rings. The van der Waals surface area contributed by atoms with Gasteiger partial charge in [0, 0.05) is 52.9 Å². The number of fused-ring (bicyclic) bond motifs is 2. The topological polar surface area (TPSA) is 119 Å². The van der Waals surface area contributed by atoms with Gasteiger partial charge in [0.1, 0.15) is 0 Å². The van der Waals surface area contributed by atoms with Crippen molar-refractivity contribution in [3.05, 3.63) is 133 Å². The number of para-hydroxylation sites is 1. The van der Waals surface area contributed by atoms with Gasteiger partial charge < -0.3 is 0 Å². The van der Waals surface area contributed by atoms with E-state index >= 15 is 0 Å². The Hall–Kier alpha value is -5.06. The molecule has 0 unspecified atom stereocenters. The van der Waals surface area contributed by atoms with E-state index in [2.05, 4.69) is 18.8 Å². The Morgan fingerprint density at radius 2 is 1.31 bits per heavy atom. The molecule has 2 aromatic heterocycles. The van der Waals surface area contributed by atoms with Crippen LogP contribution < -0.4 is 0 Å². The fraction of sp³-hybridized carbons (Fsp3) is 0. The first-order valence-electron chi connectivity index (χ1n) is 12.8. The molecule has 10 heteroatoms. The second-order valence-electron chi connectivity index (χ2n) is 9.31. The van der Waals surface area contributed by atoms with Gasteiger partial charge in [0.2, 0.25) is 0 Å². The molecule has 0 saturated heterocycles. The maximum absolute atomic E-state index is 13.2. The standard InChI is InChI=1S/C32H22N4O4S2/c37-41(38,27-11-2-1-3-12-27)35-20-25-14-15-29(31-22-33-18-16-30(25)31)24-8-5-13-28(19-24)42(39,40)36-21-26-9-4-7-23-10-6-17-34-32(23)26/h1-22H/b35-20+,36-21+. The van der Waals surface area contributed by atoms with E-state index in [0.717, 1.165) is 10.9 Å². The zero-order valence-electron chi connectivity index (χ0n) is 21.9.